The third-order valence-electron chi connectivity index (χ3n) is 3.37. The van der Waals surface area contributed by atoms with E-state index in [4.69, 9.17) is 0 Å². The number of carbonyl (C=O) groups is 2. The van der Waals surface area contributed by atoms with Crippen molar-refractivity contribution in [1.82, 2.24) is 10.2 Å². The fraction of sp³-hybridized carbons (Fsp3) is 0.429. The van der Waals surface area contributed by atoms with Crippen LogP contribution in [0.1, 0.15) is 22.3 Å². The molecule has 1 saturated heterocycles. The van der Waals surface area contributed by atoms with Crippen LogP contribution in [0.4, 0.5) is 13.2 Å². The van der Waals surface area contributed by atoms with Gasteiger partial charge in [-0.15, -0.1) is 0 Å². The average Bonchev–Trinajstić information content (AvgIpc) is 2.90. The number of alkyl halides is 3. The topological polar surface area (TPSA) is 69.6 Å². The number of aliphatic hydroxyl groups is 1. The zero-order valence-corrected chi connectivity index (χ0v) is 11.6. The molecule has 0 bridgehead atoms. The second-order valence-electron chi connectivity index (χ2n) is 5.04. The molecule has 2 amide bonds. The number of hydrogen-bond acceptors (Lipinski definition) is 3. The van der Waals surface area contributed by atoms with E-state index < -0.39 is 23.8 Å². The van der Waals surface area contributed by atoms with Crippen molar-refractivity contribution in [2.45, 2.75) is 18.7 Å². The molecule has 5 nitrogen and oxygen atoms in total. The Morgan fingerprint density at radius 2 is 2.09 bits per heavy atom. The SMILES string of the molecule is O=C(NCC(=O)N1CCC(O)C1)c1cccc(C(F)(F)F)c1. The van der Waals surface area contributed by atoms with E-state index in [1.807, 2.05) is 0 Å². The number of β-amino-alcohol motifs (C(OH)–C–C–N with tert-alkyl or cyclic N) is 1. The summed E-state index contributed by atoms with van der Waals surface area (Å²) < 4.78 is 37.7. The maximum absolute atomic E-state index is 12.6. The lowest BCUT2D eigenvalue weighted by molar-refractivity contribution is -0.137. The quantitative estimate of drug-likeness (QED) is 0.875. The maximum Gasteiger partial charge on any atom is 0.416 e. The minimum atomic E-state index is -4.53. The highest BCUT2D eigenvalue weighted by Crippen LogP contribution is 2.29. The Balaban J connectivity index is 1.94. The Kier molecular flexibility index (Phi) is 4.70. The summed E-state index contributed by atoms with van der Waals surface area (Å²) in [6.45, 7) is 0.291. The molecule has 1 atom stereocenters. The molecule has 2 N–H and O–H groups in total. The van der Waals surface area contributed by atoms with Crippen molar-refractivity contribution < 1.29 is 27.9 Å². The number of halogens is 3. The van der Waals surface area contributed by atoms with Crippen LogP contribution in [0, 0.1) is 0 Å². The standard InChI is InChI=1S/C14H15F3N2O3/c15-14(16,17)10-3-1-2-9(6-10)13(22)18-7-12(21)19-5-4-11(20)8-19/h1-3,6,11,20H,4-5,7-8H2,(H,18,22). The largest absolute Gasteiger partial charge is 0.416 e. The number of hydrogen-bond donors (Lipinski definition) is 2. The van der Waals surface area contributed by atoms with Gasteiger partial charge in [0.2, 0.25) is 5.91 Å². The highest BCUT2D eigenvalue weighted by Gasteiger charge is 2.31. The number of benzene rings is 1. The van der Waals surface area contributed by atoms with Crippen molar-refractivity contribution in [2.75, 3.05) is 19.6 Å². The fourth-order valence-corrected chi connectivity index (χ4v) is 2.17. The highest BCUT2D eigenvalue weighted by atomic mass is 19.4. The lowest BCUT2D eigenvalue weighted by Gasteiger charge is -2.16. The van der Waals surface area contributed by atoms with Crippen LogP contribution in [-0.4, -0.2) is 47.6 Å². The molecule has 1 heterocycles. The Hall–Kier alpha value is -2.09. The lowest BCUT2D eigenvalue weighted by Crippen LogP contribution is -2.39. The van der Waals surface area contributed by atoms with Gasteiger partial charge in [-0.25, -0.2) is 0 Å². The molecule has 0 spiro atoms. The number of likely N-dealkylation sites (tertiary alicyclic amines) is 1. The number of nitrogens with one attached hydrogen (secondary N) is 1. The Morgan fingerprint density at radius 3 is 2.68 bits per heavy atom. The van der Waals surface area contributed by atoms with E-state index in [-0.39, 0.29) is 24.6 Å². The molecule has 22 heavy (non-hydrogen) atoms. The normalized spacial score (nSPS) is 18.4. The summed E-state index contributed by atoms with van der Waals surface area (Å²) in [7, 11) is 0. The first-order valence-corrected chi connectivity index (χ1v) is 6.68. The fourth-order valence-electron chi connectivity index (χ4n) is 2.17. The van der Waals surface area contributed by atoms with Crippen LogP contribution in [0.2, 0.25) is 0 Å². The van der Waals surface area contributed by atoms with E-state index in [2.05, 4.69) is 5.32 Å². The van der Waals surface area contributed by atoms with Gasteiger partial charge in [0.25, 0.3) is 5.91 Å². The molecular formula is C14H15F3N2O3. The van der Waals surface area contributed by atoms with Crippen molar-refractivity contribution in [1.29, 1.82) is 0 Å². The van der Waals surface area contributed by atoms with Crippen molar-refractivity contribution in [2.24, 2.45) is 0 Å². The molecule has 120 valence electrons. The summed E-state index contributed by atoms with van der Waals surface area (Å²) in [6, 6.07) is 3.98. The number of rotatable bonds is 3. The predicted molar refractivity (Wildman–Crippen MR) is 71.0 cm³/mol. The van der Waals surface area contributed by atoms with Gasteiger partial charge in [0.1, 0.15) is 0 Å². The van der Waals surface area contributed by atoms with Crippen LogP contribution in [0.5, 0.6) is 0 Å². The summed E-state index contributed by atoms with van der Waals surface area (Å²) >= 11 is 0. The van der Waals surface area contributed by atoms with E-state index >= 15 is 0 Å². The van der Waals surface area contributed by atoms with Crippen LogP contribution < -0.4 is 5.32 Å². The smallest absolute Gasteiger partial charge is 0.391 e. The Morgan fingerprint density at radius 1 is 1.36 bits per heavy atom. The van der Waals surface area contributed by atoms with Crippen LogP contribution in [0.3, 0.4) is 0 Å². The minimum absolute atomic E-state index is 0.163. The summed E-state index contributed by atoms with van der Waals surface area (Å²) in [5.41, 5.74) is -1.08. The summed E-state index contributed by atoms with van der Waals surface area (Å²) in [5, 5.41) is 11.6. The van der Waals surface area contributed by atoms with Crippen LogP contribution >= 0.6 is 0 Å². The van der Waals surface area contributed by atoms with Crippen molar-refractivity contribution in [3.8, 4) is 0 Å². The van der Waals surface area contributed by atoms with Crippen LogP contribution in [0.25, 0.3) is 0 Å². The first-order chi connectivity index (χ1) is 10.3. The molecule has 1 fully saturated rings. The van der Waals surface area contributed by atoms with Gasteiger partial charge in [-0.3, -0.25) is 9.59 Å². The van der Waals surface area contributed by atoms with Gasteiger partial charge >= 0.3 is 6.18 Å². The number of nitrogens with zero attached hydrogens (tertiary/aromatic N) is 1. The molecule has 1 aromatic rings. The van der Waals surface area contributed by atoms with Gasteiger partial charge in [-0.1, -0.05) is 6.07 Å². The maximum atomic E-state index is 12.6. The highest BCUT2D eigenvalue weighted by molar-refractivity contribution is 5.96. The Labute approximate surface area is 124 Å². The number of amides is 2. The molecular weight excluding hydrogens is 301 g/mol. The van der Waals surface area contributed by atoms with E-state index in [0.29, 0.717) is 13.0 Å². The molecule has 1 aliphatic rings. The van der Waals surface area contributed by atoms with E-state index in [0.717, 1.165) is 18.2 Å². The van der Waals surface area contributed by atoms with Gasteiger partial charge < -0.3 is 15.3 Å². The van der Waals surface area contributed by atoms with Crippen molar-refractivity contribution in [3.63, 3.8) is 0 Å². The van der Waals surface area contributed by atoms with Gasteiger partial charge in [0, 0.05) is 18.7 Å². The summed E-state index contributed by atoms with van der Waals surface area (Å²) in [5.74, 6) is -1.13. The molecule has 0 aromatic heterocycles. The zero-order chi connectivity index (χ0) is 16.3. The summed E-state index contributed by atoms with van der Waals surface area (Å²) in [4.78, 5) is 25.0. The number of aliphatic hydroxyl groups excluding tert-OH is 1. The molecule has 0 saturated carbocycles. The predicted octanol–water partition coefficient (Wildman–Crippen LogP) is 1.03. The molecule has 8 heteroatoms. The third kappa shape index (κ3) is 3.97. The second kappa shape index (κ2) is 6.35. The molecule has 0 aliphatic carbocycles. The van der Waals surface area contributed by atoms with Crippen molar-refractivity contribution >= 4 is 11.8 Å². The molecule has 2 rings (SSSR count). The van der Waals surface area contributed by atoms with E-state index in [1.165, 1.54) is 11.0 Å². The monoisotopic (exact) mass is 316 g/mol. The van der Waals surface area contributed by atoms with Crippen molar-refractivity contribution in [3.05, 3.63) is 35.4 Å². The average molecular weight is 316 g/mol. The van der Waals surface area contributed by atoms with Crippen LogP contribution in [0.15, 0.2) is 24.3 Å². The van der Waals surface area contributed by atoms with E-state index in [9.17, 15) is 27.9 Å². The third-order valence-corrected chi connectivity index (χ3v) is 3.37. The van der Waals surface area contributed by atoms with Crippen LogP contribution in [-0.2, 0) is 11.0 Å². The minimum Gasteiger partial charge on any atom is -0.391 e. The first kappa shape index (κ1) is 16.3. The zero-order valence-electron chi connectivity index (χ0n) is 11.6. The lowest BCUT2D eigenvalue weighted by atomic mass is 10.1. The van der Waals surface area contributed by atoms with Gasteiger partial charge in [-0.05, 0) is 24.6 Å². The van der Waals surface area contributed by atoms with E-state index in [1.54, 1.807) is 0 Å². The summed E-state index contributed by atoms with van der Waals surface area (Å²) in [6.07, 6.45) is -4.62. The number of carbonyl (C=O) groups excluding carboxylic acids is 2. The van der Waals surface area contributed by atoms with Gasteiger partial charge in [-0.2, -0.15) is 13.2 Å². The molecule has 1 unspecified atom stereocenters. The first-order valence-electron chi connectivity index (χ1n) is 6.68. The molecule has 1 aliphatic heterocycles. The second-order valence-corrected chi connectivity index (χ2v) is 5.04. The Bertz CT molecular complexity index is 575. The molecule has 0 radical (unpaired) electrons. The molecule has 1 aromatic carbocycles. The van der Waals surface area contributed by atoms with Gasteiger partial charge in [0.15, 0.2) is 0 Å². The van der Waals surface area contributed by atoms with Gasteiger partial charge in [0.05, 0.1) is 18.2 Å².